The van der Waals surface area contributed by atoms with E-state index in [9.17, 15) is 4.79 Å². The van der Waals surface area contributed by atoms with Crippen LogP contribution in [0.15, 0.2) is 59.6 Å². The van der Waals surface area contributed by atoms with Gasteiger partial charge in [-0.1, -0.05) is 54.6 Å². The molecule has 7 heteroatoms. The molecule has 0 bridgehead atoms. The number of aliphatic imine (C=N–C) groups is 1. The average molecular weight is 536 g/mol. The standard InChI is InChI=1S/C24H32N4O2.HI/c1-3-25-24(28-15-13-27(14-16-28)20(2)29)26-17-22-11-7-8-12-23(22)19-30-18-21-9-5-4-6-10-21;/h4-12H,3,13-19H2,1-2H3,(H,25,26);1H. The SMILES string of the molecule is CCNC(=NCc1ccccc1COCc1ccccc1)N1CCN(C(C)=O)CC1.I. The van der Waals surface area contributed by atoms with Crippen molar-refractivity contribution in [2.75, 3.05) is 32.7 Å². The molecule has 3 rings (SSSR count). The van der Waals surface area contributed by atoms with Crippen LogP contribution < -0.4 is 5.32 Å². The Balaban J connectivity index is 0.00000341. The lowest BCUT2D eigenvalue weighted by Crippen LogP contribution is -2.53. The van der Waals surface area contributed by atoms with Crippen molar-refractivity contribution in [1.82, 2.24) is 15.1 Å². The number of carbonyl (C=O) groups is 1. The van der Waals surface area contributed by atoms with Crippen molar-refractivity contribution in [3.05, 3.63) is 71.3 Å². The van der Waals surface area contributed by atoms with Gasteiger partial charge < -0.3 is 19.9 Å². The number of ether oxygens (including phenoxy) is 1. The van der Waals surface area contributed by atoms with Crippen LogP contribution >= 0.6 is 24.0 Å². The monoisotopic (exact) mass is 536 g/mol. The number of guanidine groups is 1. The second-order valence-electron chi connectivity index (χ2n) is 7.41. The molecule has 2 aromatic rings. The van der Waals surface area contributed by atoms with Crippen molar-refractivity contribution in [2.45, 2.75) is 33.6 Å². The highest BCUT2D eigenvalue weighted by Crippen LogP contribution is 2.14. The molecular weight excluding hydrogens is 503 g/mol. The van der Waals surface area contributed by atoms with Gasteiger partial charge in [0.25, 0.3) is 0 Å². The lowest BCUT2D eigenvalue weighted by molar-refractivity contribution is -0.130. The molecule has 1 fully saturated rings. The Labute approximate surface area is 202 Å². The van der Waals surface area contributed by atoms with Crippen LogP contribution in [0.5, 0.6) is 0 Å². The quantitative estimate of drug-likeness (QED) is 0.334. The summed E-state index contributed by atoms with van der Waals surface area (Å²) < 4.78 is 5.94. The third-order valence-electron chi connectivity index (χ3n) is 5.25. The maximum atomic E-state index is 11.6. The van der Waals surface area contributed by atoms with E-state index in [0.717, 1.165) is 44.2 Å². The van der Waals surface area contributed by atoms with E-state index in [0.29, 0.717) is 19.8 Å². The number of hydrogen-bond acceptors (Lipinski definition) is 3. The smallest absolute Gasteiger partial charge is 0.219 e. The van der Waals surface area contributed by atoms with Gasteiger partial charge in [-0.25, -0.2) is 4.99 Å². The highest BCUT2D eigenvalue weighted by Gasteiger charge is 2.20. The Hall–Kier alpha value is -2.13. The first-order chi connectivity index (χ1) is 14.7. The molecule has 1 aliphatic heterocycles. The van der Waals surface area contributed by atoms with Crippen LogP contribution in [0.2, 0.25) is 0 Å². The van der Waals surface area contributed by atoms with Gasteiger partial charge in [0.05, 0.1) is 19.8 Å². The molecule has 1 aliphatic rings. The van der Waals surface area contributed by atoms with Gasteiger partial charge in [0.1, 0.15) is 0 Å². The summed E-state index contributed by atoms with van der Waals surface area (Å²) in [5.74, 6) is 1.04. The Morgan fingerprint density at radius 1 is 0.935 bits per heavy atom. The van der Waals surface area contributed by atoms with Crippen molar-refractivity contribution in [3.63, 3.8) is 0 Å². The fourth-order valence-corrected chi connectivity index (χ4v) is 3.52. The Bertz CT molecular complexity index is 836. The third-order valence-corrected chi connectivity index (χ3v) is 5.25. The van der Waals surface area contributed by atoms with E-state index in [1.54, 1.807) is 6.92 Å². The normalized spacial score (nSPS) is 14.2. The number of nitrogens with one attached hydrogen (secondary N) is 1. The van der Waals surface area contributed by atoms with E-state index in [4.69, 9.17) is 9.73 Å². The molecule has 6 nitrogen and oxygen atoms in total. The van der Waals surface area contributed by atoms with Crippen molar-refractivity contribution in [2.24, 2.45) is 4.99 Å². The summed E-state index contributed by atoms with van der Waals surface area (Å²) in [6.07, 6.45) is 0. The zero-order valence-electron chi connectivity index (χ0n) is 18.4. The van der Waals surface area contributed by atoms with Gasteiger partial charge in [0, 0.05) is 39.6 Å². The van der Waals surface area contributed by atoms with Crippen LogP contribution in [0.3, 0.4) is 0 Å². The molecule has 2 aromatic carbocycles. The number of amides is 1. The van der Waals surface area contributed by atoms with Gasteiger partial charge >= 0.3 is 0 Å². The molecule has 31 heavy (non-hydrogen) atoms. The van der Waals surface area contributed by atoms with E-state index in [-0.39, 0.29) is 29.9 Å². The van der Waals surface area contributed by atoms with E-state index in [2.05, 4.69) is 41.4 Å². The molecule has 0 radical (unpaired) electrons. The van der Waals surface area contributed by atoms with Crippen LogP contribution in [0.25, 0.3) is 0 Å². The molecule has 0 unspecified atom stereocenters. The highest BCUT2D eigenvalue weighted by atomic mass is 127. The third kappa shape index (κ3) is 7.81. The predicted molar refractivity (Wildman–Crippen MR) is 135 cm³/mol. The fraction of sp³-hybridized carbons (Fsp3) is 0.417. The minimum absolute atomic E-state index is 0. The summed E-state index contributed by atoms with van der Waals surface area (Å²) in [7, 11) is 0. The lowest BCUT2D eigenvalue weighted by Gasteiger charge is -2.36. The van der Waals surface area contributed by atoms with Crippen LogP contribution in [0.4, 0.5) is 0 Å². The van der Waals surface area contributed by atoms with Crippen molar-refractivity contribution < 1.29 is 9.53 Å². The fourth-order valence-electron chi connectivity index (χ4n) is 3.52. The number of nitrogens with zero attached hydrogens (tertiary/aromatic N) is 3. The van der Waals surface area contributed by atoms with Gasteiger partial charge in [0.15, 0.2) is 5.96 Å². The minimum Gasteiger partial charge on any atom is -0.372 e. The second kappa shape index (κ2) is 13.3. The molecule has 0 saturated carbocycles. The molecule has 1 saturated heterocycles. The molecule has 1 heterocycles. The van der Waals surface area contributed by atoms with Gasteiger partial charge in [-0.15, -0.1) is 24.0 Å². The zero-order valence-corrected chi connectivity index (χ0v) is 20.7. The van der Waals surface area contributed by atoms with E-state index in [1.807, 2.05) is 35.2 Å². The number of halogens is 1. The van der Waals surface area contributed by atoms with Gasteiger partial charge in [-0.3, -0.25) is 4.79 Å². The van der Waals surface area contributed by atoms with Crippen LogP contribution in [-0.2, 0) is 29.3 Å². The minimum atomic E-state index is 0. The lowest BCUT2D eigenvalue weighted by atomic mass is 10.1. The molecule has 0 aliphatic carbocycles. The van der Waals surface area contributed by atoms with Gasteiger partial charge in [-0.05, 0) is 23.6 Å². The largest absolute Gasteiger partial charge is 0.372 e. The van der Waals surface area contributed by atoms with E-state index in [1.165, 1.54) is 11.1 Å². The summed E-state index contributed by atoms with van der Waals surface area (Å²) in [4.78, 5) is 20.6. The highest BCUT2D eigenvalue weighted by molar-refractivity contribution is 14.0. The summed E-state index contributed by atoms with van der Waals surface area (Å²) >= 11 is 0. The first-order valence-electron chi connectivity index (χ1n) is 10.6. The molecule has 1 N–H and O–H groups in total. The maximum Gasteiger partial charge on any atom is 0.219 e. The number of benzene rings is 2. The van der Waals surface area contributed by atoms with Crippen molar-refractivity contribution >= 4 is 35.8 Å². The Kier molecular flexibility index (Phi) is 10.8. The predicted octanol–water partition coefficient (Wildman–Crippen LogP) is 3.65. The number of piperazine rings is 1. The number of hydrogen-bond donors (Lipinski definition) is 1. The Morgan fingerprint density at radius 2 is 1.55 bits per heavy atom. The molecule has 1 amide bonds. The Morgan fingerprint density at radius 3 is 2.19 bits per heavy atom. The topological polar surface area (TPSA) is 57.2 Å². The average Bonchev–Trinajstić information content (AvgIpc) is 2.78. The second-order valence-corrected chi connectivity index (χ2v) is 7.41. The molecular formula is C24H33IN4O2. The number of carbonyl (C=O) groups excluding carboxylic acids is 1. The first-order valence-corrected chi connectivity index (χ1v) is 10.6. The number of rotatable bonds is 7. The molecule has 0 atom stereocenters. The summed E-state index contributed by atoms with van der Waals surface area (Å²) in [6.45, 7) is 9.36. The van der Waals surface area contributed by atoms with Crippen LogP contribution in [0, 0.1) is 0 Å². The van der Waals surface area contributed by atoms with Crippen molar-refractivity contribution in [1.29, 1.82) is 0 Å². The maximum absolute atomic E-state index is 11.6. The molecule has 0 aromatic heterocycles. The summed E-state index contributed by atoms with van der Waals surface area (Å²) in [5, 5.41) is 3.39. The summed E-state index contributed by atoms with van der Waals surface area (Å²) in [5.41, 5.74) is 3.50. The van der Waals surface area contributed by atoms with E-state index >= 15 is 0 Å². The van der Waals surface area contributed by atoms with E-state index < -0.39 is 0 Å². The molecule has 168 valence electrons. The zero-order chi connectivity index (χ0) is 21.2. The van der Waals surface area contributed by atoms with Crippen LogP contribution in [-0.4, -0.2) is 54.4 Å². The molecule has 0 spiro atoms. The van der Waals surface area contributed by atoms with Gasteiger partial charge in [0.2, 0.25) is 5.91 Å². The van der Waals surface area contributed by atoms with Crippen LogP contribution in [0.1, 0.15) is 30.5 Å². The summed E-state index contributed by atoms with van der Waals surface area (Å²) in [6, 6.07) is 18.5. The van der Waals surface area contributed by atoms with Crippen molar-refractivity contribution in [3.8, 4) is 0 Å². The van der Waals surface area contributed by atoms with Gasteiger partial charge in [-0.2, -0.15) is 0 Å². The first kappa shape index (κ1) is 25.1.